The normalized spacial score (nSPS) is 19.6. The van der Waals surface area contributed by atoms with E-state index in [-0.39, 0.29) is 0 Å². The molecule has 0 spiro atoms. The molecule has 0 saturated heterocycles. The summed E-state index contributed by atoms with van der Waals surface area (Å²) in [6, 6.07) is 4.89. The molecule has 5 heteroatoms. The fourth-order valence-corrected chi connectivity index (χ4v) is 2.57. The van der Waals surface area contributed by atoms with Crippen molar-refractivity contribution in [2.45, 2.75) is 10.9 Å². The second-order valence-electron chi connectivity index (χ2n) is 2.99. The topological polar surface area (TPSA) is 49.3 Å². The van der Waals surface area contributed by atoms with E-state index in [1.54, 1.807) is 12.1 Å². The lowest BCUT2D eigenvalue weighted by Gasteiger charge is -2.23. The van der Waals surface area contributed by atoms with Gasteiger partial charge in [0, 0.05) is 21.4 Å². The Bertz CT molecular complexity index is 383. The molecule has 0 aliphatic carbocycles. The van der Waals surface area contributed by atoms with Crippen LogP contribution in [0, 0.1) is 0 Å². The number of benzene rings is 1. The molecule has 0 saturated carbocycles. The van der Waals surface area contributed by atoms with Gasteiger partial charge in [-0.2, -0.15) is 0 Å². The first-order valence-corrected chi connectivity index (χ1v) is 5.45. The fraction of sp³-hybridized carbons (Fsp3) is 0.222. The maximum Gasteiger partial charge on any atom is 0.326 e. The van der Waals surface area contributed by atoms with Crippen LogP contribution >= 0.6 is 23.4 Å². The third-order valence-corrected chi connectivity index (χ3v) is 3.36. The molecule has 0 amide bonds. The van der Waals surface area contributed by atoms with Gasteiger partial charge in [-0.05, 0) is 18.2 Å². The van der Waals surface area contributed by atoms with Crippen LogP contribution in [0.3, 0.4) is 0 Å². The average Bonchev–Trinajstić information content (AvgIpc) is 2.16. The van der Waals surface area contributed by atoms with Crippen molar-refractivity contribution < 1.29 is 9.90 Å². The van der Waals surface area contributed by atoms with Crippen molar-refractivity contribution in [1.82, 2.24) is 0 Å². The van der Waals surface area contributed by atoms with E-state index in [0.29, 0.717) is 10.8 Å². The molecule has 1 heterocycles. The van der Waals surface area contributed by atoms with Gasteiger partial charge < -0.3 is 10.4 Å². The van der Waals surface area contributed by atoms with E-state index in [1.165, 1.54) is 11.8 Å². The van der Waals surface area contributed by atoms with Crippen LogP contribution in [0.5, 0.6) is 0 Å². The minimum atomic E-state index is -0.821. The molecular formula is C9H8ClNO2S. The number of halogens is 1. The highest BCUT2D eigenvalue weighted by Crippen LogP contribution is 2.34. The molecule has 1 aromatic carbocycles. The van der Waals surface area contributed by atoms with Crippen molar-refractivity contribution in [2.75, 3.05) is 11.1 Å². The van der Waals surface area contributed by atoms with Crippen LogP contribution in [0.1, 0.15) is 0 Å². The number of rotatable bonds is 1. The summed E-state index contributed by atoms with van der Waals surface area (Å²) >= 11 is 7.33. The third kappa shape index (κ3) is 1.81. The zero-order valence-electron chi connectivity index (χ0n) is 7.16. The number of nitrogens with one attached hydrogen (secondary N) is 1. The van der Waals surface area contributed by atoms with Crippen molar-refractivity contribution in [3.8, 4) is 0 Å². The Hall–Kier alpha value is -0.870. The third-order valence-electron chi connectivity index (χ3n) is 1.98. The summed E-state index contributed by atoms with van der Waals surface area (Å²) in [4.78, 5) is 11.7. The molecule has 1 unspecified atom stereocenters. The van der Waals surface area contributed by atoms with Crippen LogP contribution in [0.2, 0.25) is 5.02 Å². The molecule has 2 N–H and O–H groups in total. The first-order chi connectivity index (χ1) is 6.66. The lowest BCUT2D eigenvalue weighted by atomic mass is 10.2. The predicted molar refractivity (Wildman–Crippen MR) is 57.2 cm³/mol. The van der Waals surface area contributed by atoms with E-state index in [9.17, 15) is 4.79 Å². The molecule has 1 aliphatic heterocycles. The smallest absolute Gasteiger partial charge is 0.326 e. The molecule has 14 heavy (non-hydrogen) atoms. The summed E-state index contributed by atoms with van der Waals surface area (Å²) in [5.74, 6) is -0.291. The average molecular weight is 230 g/mol. The summed E-state index contributed by atoms with van der Waals surface area (Å²) in [6.07, 6.45) is 0. The van der Waals surface area contributed by atoms with Crippen LogP contribution in [0.25, 0.3) is 0 Å². The molecule has 1 aliphatic rings. The van der Waals surface area contributed by atoms with Crippen molar-refractivity contribution in [3.05, 3.63) is 23.2 Å². The summed E-state index contributed by atoms with van der Waals surface area (Å²) in [5, 5.41) is 12.4. The quantitative estimate of drug-likeness (QED) is 0.776. The minimum Gasteiger partial charge on any atom is -0.480 e. The highest BCUT2D eigenvalue weighted by Gasteiger charge is 2.23. The van der Waals surface area contributed by atoms with Crippen molar-refractivity contribution >= 4 is 35.0 Å². The van der Waals surface area contributed by atoms with Crippen molar-refractivity contribution in [3.63, 3.8) is 0 Å². The van der Waals surface area contributed by atoms with E-state index < -0.39 is 12.0 Å². The van der Waals surface area contributed by atoms with Crippen LogP contribution in [0.15, 0.2) is 23.1 Å². The summed E-state index contributed by atoms with van der Waals surface area (Å²) in [6.45, 7) is 0. The molecule has 1 atom stereocenters. The number of fused-ring (bicyclic) bond motifs is 1. The number of hydrogen-bond donors (Lipinski definition) is 2. The molecule has 0 radical (unpaired) electrons. The molecule has 0 bridgehead atoms. The first-order valence-electron chi connectivity index (χ1n) is 4.08. The molecule has 1 aromatic rings. The van der Waals surface area contributed by atoms with Gasteiger partial charge in [0.05, 0.1) is 0 Å². The number of carbonyl (C=O) groups is 1. The Balaban J connectivity index is 2.27. The lowest BCUT2D eigenvalue weighted by molar-refractivity contribution is -0.137. The largest absolute Gasteiger partial charge is 0.480 e. The van der Waals surface area contributed by atoms with Gasteiger partial charge >= 0.3 is 5.97 Å². The second kappa shape index (κ2) is 3.71. The monoisotopic (exact) mass is 229 g/mol. The Morgan fingerprint density at radius 3 is 3.14 bits per heavy atom. The van der Waals surface area contributed by atoms with Gasteiger partial charge in [0.1, 0.15) is 6.04 Å². The van der Waals surface area contributed by atoms with Crippen molar-refractivity contribution in [1.29, 1.82) is 0 Å². The SMILES string of the molecule is O=C(O)C1CSc2cc(Cl)ccc2N1. The molecule has 0 aromatic heterocycles. The van der Waals surface area contributed by atoms with E-state index in [0.717, 1.165) is 10.6 Å². The van der Waals surface area contributed by atoms with Gasteiger partial charge in [-0.3, -0.25) is 0 Å². The van der Waals surface area contributed by atoms with Gasteiger partial charge in [-0.1, -0.05) is 11.6 Å². The lowest BCUT2D eigenvalue weighted by Crippen LogP contribution is -2.33. The molecule has 3 nitrogen and oxygen atoms in total. The van der Waals surface area contributed by atoms with Gasteiger partial charge in [0.2, 0.25) is 0 Å². The molecular weight excluding hydrogens is 222 g/mol. The van der Waals surface area contributed by atoms with E-state index in [2.05, 4.69) is 5.32 Å². The number of carboxylic acid groups (broad SMARTS) is 1. The zero-order valence-corrected chi connectivity index (χ0v) is 8.73. The van der Waals surface area contributed by atoms with E-state index in [1.807, 2.05) is 6.07 Å². The Labute approximate surface area is 90.5 Å². The Morgan fingerprint density at radius 2 is 2.43 bits per heavy atom. The zero-order chi connectivity index (χ0) is 10.1. The molecule has 0 fully saturated rings. The van der Waals surface area contributed by atoms with Crippen LogP contribution in [-0.2, 0) is 4.79 Å². The van der Waals surface area contributed by atoms with Gasteiger partial charge in [0.25, 0.3) is 0 Å². The predicted octanol–water partition coefficient (Wildman–Crippen LogP) is 2.31. The maximum absolute atomic E-state index is 10.7. The van der Waals surface area contributed by atoms with Gasteiger partial charge in [-0.15, -0.1) is 11.8 Å². The number of anilines is 1. The van der Waals surface area contributed by atoms with Gasteiger partial charge in [0.15, 0.2) is 0 Å². The standard InChI is InChI=1S/C9H8ClNO2S/c10-5-1-2-6-8(3-5)14-4-7(11-6)9(12)13/h1-3,7,11H,4H2,(H,12,13). The van der Waals surface area contributed by atoms with Gasteiger partial charge in [-0.25, -0.2) is 4.79 Å². The summed E-state index contributed by atoms with van der Waals surface area (Å²) < 4.78 is 0. The molecule has 2 rings (SSSR count). The summed E-state index contributed by atoms with van der Waals surface area (Å²) in [5.41, 5.74) is 0.845. The first kappa shape index (κ1) is 9.68. The number of aliphatic carboxylic acids is 1. The molecule has 74 valence electrons. The number of thioether (sulfide) groups is 1. The Morgan fingerprint density at radius 1 is 1.64 bits per heavy atom. The highest BCUT2D eigenvalue weighted by atomic mass is 35.5. The van der Waals surface area contributed by atoms with Crippen LogP contribution < -0.4 is 5.32 Å². The van der Waals surface area contributed by atoms with E-state index >= 15 is 0 Å². The highest BCUT2D eigenvalue weighted by molar-refractivity contribution is 7.99. The van der Waals surface area contributed by atoms with Crippen molar-refractivity contribution in [2.24, 2.45) is 0 Å². The Kier molecular flexibility index (Phi) is 2.56. The number of hydrogen-bond acceptors (Lipinski definition) is 3. The fourth-order valence-electron chi connectivity index (χ4n) is 1.27. The van der Waals surface area contributed by atoms with Crippen LogP contribution in [0.4, 0.5) is 5.69 Å². The maximum atomic E-state index is 10.7. The number of carboxylic acids is 1. The van der Waals surface area contributed by atoms with E-state index in [4.69, 9.17) is 16.7 Å². The second-order valence-corrected chi connectivity index (χ2v) is 4.48. The summed E-state index contributed by atoms with van der Waals surface area (Å²) in [7, 11) is 0. The minimum absolute atomic E-state index is 0.506. The van der Waals surface area contributed by atoms with Crippen LogP contribution in [-0.4, -0.2) is 22.9 Å².